The maximum atomic E-state index is 12.1. The number of nitrogens with one attached hydrogen (secondary N) is 1. The van der Waals surface area contributed by atoms with Crippen LogP contribution in [-0.4, -0.2) is 22.2 Å². The highest BCUT2D eigenvalue weighted by molar-refractivity contribution is 6.30. The number of benzene rings is 1. The lowest BCUT2D eigenvalue weighted by Gasteiger charge is -2.07. The van der Waals surface area contributed by atoms with E-state index < -0.39 is 6.10 Å². The van der Waals surface area contributed by atoms with E-state index in [0.717, 1.165) is 18.4 Å². The maximum absolute atomic E-state index is 12.1. The van der Waals surface area contributed by atoms with E-state index in [2.05, 4.69) is 10.5 Å². The van der Waals surface area contributed by atoms with Crippen LogP contribution in [0.5, 0.6) is 0 Å². The van der Waals surface area contributed by atoms with Gasteiger partial charge in [-0.1, -0.05) is 28.9 Å². The van der Waals surface area contributed by atoms with E-state index in [9.17, 15) is 9.90 Å². The molecule has 1 saturated carbocycles. The summed E-state index contributed by atoms with van der Waals surface area (Å²) < 4.78 is 5.18. The fourth-order valence-corrected chi connectivity index (χ4v) is 2.27. The zero-order valence-corrected chi connectivity index (χ0v) is 12.2. The molecule has 3 rings (SSSR count). The summed E-state index contributed by atoms with van der Waals surface area (Å²) in [7, 11) is 0. The summed E-state index contributed by atoms with van der Waals surface area (Å²) in [6.45, 7) is 1.58. The van der Waals surface area contributed by atoms with Gasteiger partial charge in [0.15, 0.2) is 0 Å². The number of aliphatic hydroxyl groups is 1. The molecule has 21 heavy (non-hydrogen) atoms. The molecule has 1 fully saturated rings. The quantitative estimate of drug-likeness (QED) is 0.910. The molecule has 1 unspecified atom stereocenters. The van der Waals surface area contributed by atoms with Gasteiger partial charge >= 0.3 is 0 Å². The molecule has 1 aliphatic carbocycles. The normalized spacial score (nSPS) is 15.8. The SMILES string of the molecule is CC(O)c1c(-c2ccc(Cl)cc2)noc1C(=O)NC1CC1. The molecule has 1 aromatic heterocycles. The predicted octanol–water partition coefficient (Wildman–Crippen LogP) is 2.94. The van der Waals surface area contributed by atoms with E-state index in [4.69, 9.17) is 16.1 Å². The minimum absolute atomic E-state index is 0.0712. The lowest BCUT2D eigenvalue weighted by atomic mass is 10.0. The summed E-state index contributed by atoms with van der Waals surface area (Å²) in [6, 6.07) is 7.20. The Labute approximate surface area is 126 Å². The molecule has 0 spiro atoms. The number of hydrogen-bond donors (Lipinski definition) is 2. The maximum Gasteiger partial charge on any atom is 0.290 e. The summed E-state index contributed by atoms with van der Waals surface area (Å²) in [5.74, 6) is -0.261. The van der Waals surface area contributed by atoms with Crippen molar-refractivity contribution in [1.82, 2.24) is 10.5 Å². The largest absolute Gasteiger partial charge is 0.388 e. The molecular weight excluding hydrogens is 292 g/mol. The molecule has 2 N–H and O–H groups in total. The van der Waals surface area contributed by atoms with Crippen LogP contribution in [0.2, 0.25) is 5.02 Å². The Bertz CT molecular complexity index is 660. The molecule has 0 bridgehead atoms. The van der Waals surface area contributed by atoms with E-state index in [-0.39, 0.29) is 17.7 Å². The Balaban J connectivity index is 1.98. The first kappa shape index (κ1) is 14.1. The summed E-state index contributed by atoms with van der Waals surface area (Å²) in [5.41, 5.74) is 1.60. The van der Waals surface area contributed by atoms with Gasteiger partial charge in [-0.05, 0) is 31.9 Å². The van der Waals surface area contributed by atoms with Crippen molar-refractivity contribution in [3.63, 3.8) is 0 Å². The van der Waals surface area contributed by atoms with Crippen LogP contribution in [0.3, 0.4) is 0 Å². The zero-order chi connectivity index (χ0) is 15.0. The first-order valence-electron chi connectivity index (χ1n) is 6.80. The van der Waals surface area contributed by atoms with Crippen LogP contribution in [-0.2, 0) is 0 Å². The highest BCUT2D eigenvalue weighted by atomic mass is 35.5. The van der Waals surface area contributed by atoms with Gasteiger partial charge in [0.2, 0.25) is 5.76 Å². The van der Waals surface area contributed by atoms with Crippen LogP contribution in [0.1, 0.15) is 42.0 Å². The third-order valence-corrected chi connectivity index (χ3v) is 3.63. The second-order valence-electron chi connectivity index (χ2n) is 5.20. The van der Waals surface area contributed by atoms with Gasteiger partial charge in [0.05, 0.1) is 11.7 Å². The third kappa shape index (κ3) is 2.94. The van der Waals surface area contributed by atoms with E-state index >= 15 is 0 Å². The van der Waals surface area contributed by atoms with Gasteiger partial charge in [-0.3, -0.25) is 4.79 Å². The zero-order valence-electron chi connectivity index (χ0n) is 11.5. The summed E-state index contributed by atoms with van der Waals surface area (Å²) in [4.78, 5) is 12.1. The monoisotopic (exact) mass is 306 g/mol. The summed E-state index contributed by atoms with van der Waals surface area (Å²) in [5, 5.41) is 17.4. The molecule has 6 heteroatoms. The Morgan fingerprint density at radius 2 is 2.10 bits per heavy atom. The average Bonchev–Trinajstić information content (AvgIpc) is 3.14. The van der Waals surface area contributed by atoms with Crippen molar-refractivity contribution in [1.29, 1.82) is 0 Å². The Morgan fingerprint density at radius 1 is 1.43 bits per heavy atom. The van der Waals surface area contributed by atoms with Crippen molar-refractivity contribution < 1.29 is 14.4 Å². The Hall–Kier alpha value is -1.85. The van der Waals surface area contributed by atoms with E-state index in [0.29, 0.717) is 16.3 Å². The lowest BCUT2D eigenvalue weighted by Crippen LogP contribution is -2.26. The fourth-order valence-electron chi connectivity index (χ4n) is 2.14. The van der Waals surface area contributed by atoms with E-state index in [1.54, 1.807) is 31.2 Å². The number of rotatable bonds is 4. The molecule has 0 aliphatic heterocycles. The van der Waals surface area contributed by atoms with Crippen LogP contribution in [0.25, 0.3) is 11.3 Å². The molecule has 1 atom stereocenters. The molecule has 0 saturated heterocycles. The summed E-state index contributed by atoms with van der Waals surface area (Å²) in [6.07, 6.45) is 1.10. The van der Waals surface area contributed by atoms with Gasteiger partial charge in [0.1, 0.15) is 5.69 Å². The molecule has 1 aromatic carbocycles. The van der Waals surface area contributed by atoms with Crippen molar-refractivity contribution in [3.8, 4) is 11.3 Å². The number of amides is 1. The van der Waals surface area contributed by atoms with Crippen molar-refractivity contribution in [2.75, 3.05) is 0 Å². The van der Waals surface area contributed by atoms with Gasteiger partial charge in [0, 0.05) is 16.6 Å². The molecule has 0 radical (unpaired) electrons. The van der Waals surface area contributed by atoms with Crippen LogP contribution in [0, 0.1) is 0 Å². The molecule has 1 aliphatic rings. The van der Waals surface area contributed by atoms with Crippen LogP contribution < -0.4 is 5.32 Å². The summed E-state index contributed by atoms with van der Waals surface area (Å²) >= 11 is 5.86. The molecule has 1 heterocycles. The minimum Gasteiger partial charge on any atom is -0.388 e. The van der Waals surface area contributed by atoms with Gasteiger partial charge in [0.25, 0.3) is 5.91 Å². The standard InChI is InChI=1S/C15H15ClN2O3/c1-8(19)12-13(9-2-4-10(16)5-3-9)18-21-14(12)15(20)17-11-6-7-11/h2-5,8,11,19H,6-7H2,1H3,(H,17,20). The minimum atomic E-state index is -0.859. The molecule has 2 aromatic rings. The van der Waals surface area contributed by atoms with Crippen molar-refractivity contribution in [2.45, 2.75) is 31.9 Å². The van der Waals surface area contributed by atoms with Gasteiger partial charge in [-0.2, -0.15) is 0 Å². The number of carbonyl (C=O) groups is 1. The van der Waals surface area contributed by atoms with E-state index in [1.165, 1.54) is 0 Å². The number of hydrogen-bond acceptors (Lipinski definition) is 4. The van der Waals surface area contributed by atoms with Gasteiger partial charge < -0.3 is 14.9 Å². The molecular formula is C15H15ClN2O3. The Kier molecular flexibility index (Phi) is 3.69. The lowest BCUT2D eigenvalue weighted by molar-refractivity contribution is 0.0905. The number of aliphatic hydroxyl groups excluding tert-OH is 1. The smallest absolute Gasteiger partial charge is 0.290 e. The van der Waals surface area contributed by atoms with E-state index in [1.807, 2.05) is 0 Å². The van der Waals surface area contributed by atoms with Crippen LogP contribution in [0.4, 0.5) is 0 Å². The second kappa shape index (κ2) is 5.50. The van der Waals surface area contributed by atoms with Crippen molar-refractivity contribution in [2.24, 2.45) is 0 Å². The number of halogens is 1. The van der Waals surface area contributed by atoms with Crippen LogP contribution in [0.15, 0.2) is 28.8 Å². The fraction of sp³-hybridized carbons (Fsp3) is 0.333. The van der Waals surface area contributed by atoms with Gasteiger partial charge in [-0.25, -0.2) is 0 Å². The number of aromatic nitrogens is 1. The molecule has 110 valence electrons. The van der Waals surface area contributed by atoms with Crippen LogP contribution >= 0.6 is 11.6 Å². The third-order valence-electron chi connectivity index (χ3n) is 3.38. The number of carbonyl (C=O) groups excluding carboxylic acids is 1. The molecule has 5 nitrogen and oxygen atoms in total. The average molecular weight is 307 g/mol. The van der Waals surface area contributed by atoms with Crippen molar-refractivity contribution in [3.05, 3.63) is 40.6 Å². The van der Waals surface area contributed by atoms with Gasteiger partial charge in [-0.15, -0.1) is 0 Å². The highest BCUT2D eigenvalue weighted by Crippen LogP contribution is 2.31. The topological polar surface area (TPSA) is 75.4 Å². The second-order valence-corrected chi connectivity index (χ2v) is 5.64. The molecule has 1 amide bonds. The predicted molar refractivity (Wildman–Crippen MR) is 78.1 cm³/mol. The van der Waals surface area contributed by atoms with Crippen molar-refractivity contribution >= 4 is 17.5 Å². The Morgan fingerprint density at radius 3 is 2.67 bits per heavy atom. The first-order valence-corrected chi connectivity index (χ1v) is 7.18. The first-order chi connectivity index (χ1) is 10.1. The number of nitrogens with zero attached hydrogens (tertiary/aromatic N) is 1. The highest BCUT2D eigenvalue weighted by Gasteiger charge is 2.30.